The minimum atomic E-state index is 0.329. The molecule has 0 radical (unpaired) electrons. The van der Waals surface area contributed by atoms with Crippen LogP contribution >= 0.6 is 0 Å². The molecule has 1 aliphatic rings. The van der Waals surface area contributed by atoms with E-state index in [1.54, 1.807) is 6.26 Å². The normalized spacial score (nSPS) is 15.8. The number of ether oxygens (including phenoxy) is 1. The number of amides is 1. The third kappa shape index (κ3) is 10.0. The van der Waals surface area contributed by atoms with Crippen molar-refractivity contribution in [2.75, 3.05) is 19.7 Å². The maximum atomic E-state index is 13.1. The number of carbonyl (C=O) groups is 1. The highest BCUT2D eigenvalue weighted by Crippen LogP contribution is 2.21. The van der Waals surface area contributed by atoms with Crippen LogP contribution in [0.25, 0.3) is 0 Å². The van der Waals surface area contributed by atoms with Gasteiger partial charge in [0.2, 0.25) is 5.91 Å². The average molecular weight is 378 g/mol. The molecule has 1 heterocycles. The first-order chi connectivity index (χ1) is 13.1. The number of hydrogen-bond donors (Lipinski definition) is 0. The molecule has 156 valence electrons. The first kappa shape index (κ1) is 23.8. The summed E-state index contributed by atoms with van der Waals surface area (Å²) >= 11 is 0. The molecule has 1 rings (SSSR count). The predicted octanol–water partition coefficient (Wildman–Crippen LogP) is 6.50. The molecule has 0 aliphatic carbocycles. The number of allylic oxidation sites excluding steroid dienone is 2. The molecule has 1 aliphatic heterocycles. The van der Waals surface area contributed by atoms with Gasteiger partial charge in [0, 0.05) is 19.5 Å². The Balaban J connectivity index is 2.69. The van der Waals surface area contributed by atoms with Crippen LogP contribution in [0.3, 0.4) is 0 Å². The standard InChI is InChI=1S/C24H43NO2/c1-5-9-12-21(7-3)18-25(19-22(8-4)13-10-6-2)24(26)16-15-23-14-11-17-27-20-23/h11,14,17,21-22H,5-10,12-13,15-16,18-20H2,1-4H3. The van der Waals surface area contributed by atoms with Crippen LogP contribution < -0.4 is 0 Å². The molecule has 3 heteroatoms. The summed E-state index contributed by atoms with van der Waals surface area (Å²) in [4.78, 5) is 15.3. The Bertz CT molecular complexity index is 437. The van der Waals surface area contributed by atoms with Gasteiger partial charge >= 0.3 is 0 Å². The summed E-state index contributed by atoms with van der Waals surface area (Å²) in [5, 5.41) is 0. The lowest BCUT2D eigenvalue weighted by molar-refractivity contribution is -0.132. The number of hydrogen-bond acceptors (Lipinski definition) is 2. The molecule has 0 saturated heterocycles. The predicted molar refractivity (Wildman–Crippen MR) is 116 cm³/mol. The molecule has 0 fully saturated rings. The van der Waals surface area contributed by atoms with Crippen LogP contribution in [0.15, 0.2) is 24.0 Å². The van der Waals surface area contributed by atoms with Crippen molar-refractivity contribution in [3.05, 3.63) is 24.0 Å². The lowest BCUT2D eigenvalue weighted by Crippen LogP contribution is -2.39. The molecule has 0 aromatic carbocycles. The van der Waals surface area contributed by atoms with Crippen molar-refractivity contribution in [3.8, 4) is 0 Å². The smallest absolute Gasteiger partial charge is 0.222 e. The van der Waals surface area contributed by atoms with Gasteiger partial charge in [0.25, 0.3) is 0 Å². The van der Waals surface area contributed by atoms with E-state index in [1.807, 2.05) is 6.08 Å². The first-order valence-corrected chi connectivity index (χ1v) is 11.4. The van der Waals surface area contributed by atoms with Crippen LogP contribution in [0.5, 0.6) is 0 Å². The molecule has 0 N–H and O–H groups in total. The van der Waals surface area contributed by atoms with E-state index >= 15 is 0 Å². The summed E-state index contributed by atoms with van der Waals surface area (Å²) in [5.41, 5.74) is 1.22. The van der Waals surface area contributed by atoms with Gasteiger partial charge in [-0.15, -0.1) is 0 Å². The van der Waals surface area contributed by atoms with E-state index in [0.29, 0.717) is 30.8 Å². The lowest BCUT2D eigenvalue weighted by atomic mass is 9.95. The molecule has 2 atom stereocenters. The van der Waals surface area contributed by atoms with Crippen molar-refractivity contribution in [1.29, 1.82) is 0 Å². The van der Waals surface area contributed by atoms with Gasteiger partial charge in [-0.1, -0.05) is 72.3 Å². The molecule has 3 nitrogen and oxygen atoms in total. The van der Waals surface area contributed by atoms with E-state index in [0.717, 1.165) is 19.5 Å². The number of rotatable bonds is 15. The maximum Gasteiger partial charge on any atom is 0.222 e. The molecule has 0 aromatic rings. The van der Waals surface area contributed by atoms with Gasteiger partial charge in [0.1, 0.15) is 6.61 Å². The molecular formula is C24H43NO2. The Hall–Kier alpha value is -1.25. The highest BCUT2D eigenvalue weighted by molar-refractivity contribution is 5.76. The summed E-state index contributed by atoms with van der Waals surface area (Å²) in [6.07, 6.45) is 17.0. The van der Waals surface area contributed by atoms with E-state index in [1.165, 1.54) is 56.9 Å². The fourth-order valence-electron chi connectivity index (χ4n) is 3.75. The third-order valence-electron chi connectivity index (χ3n) is 5.83. The van der Waals surface area contributed by atoms with Crippen LogP contribution in [0, 0.1) is 11.8 Å². The van der Waals surface area contributed by atoms with Gasteiger partial charge in [-0.2, -0.15) is 0 Å². The van der Waals surface area contributed by atoms with Crippen molar-refractivity contribution in [2.24, 2.45) is 11.8 Å². The first-order valence-electron chi connectivity index (χ1n) is 11.4. The topological polar surface area (TPSA) is 29.5 Å². The molecule has 0 spiro atoms. The third-order valence-corrected chi connectivity index (χ3v) is 5.83. The molecular weight excluding hydrogens is 334 g/mol. The zero-order chi connectivity index (χ0) is 19.9. The monoisotopic (exact) mass is 377 g/mol. The van der Waals surface area contributed by atoms with Crippen LogP contribution in [-0.4, -0.2) is 30.5 Å². The van der Waals surface area contributed by atoms with E-state index in [9.17, 15) is 4.79 Å². The fourth-order valence-corrected chi connectivity index (χ4v) is 3.75. The Kier molecular flexibility index (Phi) is 13.0. The molecule has 0 aromatic heterocycles. The van der Waals surface area contributed by atoms with Crippen molar-refractivity contribution < 1.29 is 9.53 Å². The molecule has 1 amide bonds. The summed E-state index contributed by atoms with van der Waals surface area (Å²) < 4.78 is 5.35. The summed E-state index contributed by atoms with van der Waals surface area (Å²) in [7, 11) is 0. The summed E-state index contributed by atoms with van der Waals surface area (Å²) in [5.74, 6) is 1.60. The zero-order valence-corrected chi connectivity index (χ0v) is 18.3. The fraction of sp³-hybridized carbons (Fsp3) is 0.792. The van der Waals surface area contributed by atoms with Gasteiger partial charge in [0.15, 0.2) is 0 Å². The second-order valence-corrected chi connectivity index (χ2v) is 8.10. The van der Waals surface area contributed by atoms with Gasteiger partial charge < -0.3 is 9.64 Å². The Morgan fingerprint density at radius 1 is 1.04 bits per heavy atom. The number of unbranched alkanes of at least 4 members (excludes halogenated alkanes) is 2. The van der Waals surface area contributed by atoms with E-state index in [2.05, 4.69) is 38.7 Å². The van der Waals surface area contributed by atoms with Gasteiger partial charge in [-0.25, -0.2) is 0 Å². The van der Waals surface area contributed by atoms with Crippen LogP contribution in [0.1, 0.15) is 91.9 Å². The second-order valence-electron chi connectivity index (χ2n) is 8.10. The number of carbonyl (C=O) groups excluding carboxylic acids is 1. The highest BCUT2D eigenvalue weighted by atomic mass is 16.5. The van der Waals surface area contributed by atoms with Crippen molar-refractivity contribution in [1.82, 2.24) is 4.90 Å². The zero-order valence-electron chi connectivity index (χ0n) is 18.3. The lowest BCUT2D eigenvalue weighted by Gasteiger charge is -2.31. The van der Waals surface area contributed by atoms with Crippen molar-refractivity contribution >= 4 is 5.91 Å². The largest absolute Gasteiger partial charge is 0.497 e. The summed E-state index contributed by atoms with van der Waals surface area (Å²) in [6, 6.07) is 0. The van der Waals surface area contributed by atoms with Gasteiger partial charge in [0.05, 0.1) is 6.26 Å². The highest BCUT2D eigenvalue weighted by Gasteiger charge is 2.21. The van der Waals surface area contributed by atoms with Gasteiger partial charge in [-0.3, -0.25) is 4.79 Å². The number of nitrogens with zero attached hydrogens (tertiary/aromatic N) is 1. The van der Waals surface area contributed by atoms with E-state index < -0.39 is 0 Å². The quantitative estimate of drug-likeness (QED) is 0.326. The van der Waals surface area contributed by atoms with E-state index in [4.69, 9.17) is 4.74 Å². The average Bonchev–Trinajstić information content (AvgIpc) is 2.71. The second kappa shape index (κ2) is 14.8. The van der Waals surface area contributed by atoms with Crippen molar-refractivity contribution in [3.63, 3.8) is 0 Å². The molecule has 27 heavy (non-hydrogen) atoms. The minimum Gasteiger partial charge on any atom is -0.497 e. The molecule has 0 bridgehead atoms. The Morgan fingerprint density at radius 3 is 2.07 bits per heavy atom. The SMILES string of the molecule is CCCCC(CC)CN(CC(CC)CCCC)C(=O)CCC1=CC=COC1. The van der Waals surface area contributed by atoms with Crippen LogP contribution in [-0.2, 0) is 9.53 Å². The van der Waals surface area contributed by atoms with Crippen LogP contribution in [0.2, 0.25) is 0 Å². The molecule has 0 saturated carbocycles. The van der Waals surface area contributed by atoms with E-state index in [-0.39, 0.29) is 0 Å². The van der Waals surface area contributed by atoms with Crippen LogP contribution in [0.4, 0.5) is 0 Å². The maximum absolute atomic E-state index is 13.1. The minimum absolute atomic E-state index is 0.329. The van der Waals surface area contributed by atoms with Gasteiger partial charge in [-0.05, 0) is 42.7 Å². The summed E-state index contributed by atoms with van der Waals surface area (Å²) in [6.45, 7) is 11.6. The van der Waals surface area contributed by atoms with Crippen molar-refractivity contribution in [2.45, 2.75) is 91.9 Å². The Morgan fingerprint density at radius 2 is 1.63 bits per heavy atom. The Labute approximate surface area is 168 Å². The molecule has 2 unspecified atom stereocenters.